The highest BCUT2D eigenvalue weighted by Crippen LogP contribution is 2.26. The van der Waals surface area contributed by atoms with E-state index in [1.54, 1.807) is 80.0 Å². The standard InChI is InChI=1S/C21H26FN7O2.C20H24FN7O2/c1-12(2)10-23-21(25-20(30)15-11-29(4)28-13(15)3)24-19-9-17(26-27-19)14-6-7-18(31-5)16(22)8-14;1-11(2)9-22-20(24-19(30)14-10-28(4)27-12(14)3)23-18-8-16(25-26-18)13-5-6-17(29)15(21)7-13/h6-9,11-12H,10H2,1-5H3,(H3,23,24,25,26,27,30);5-8,10-11,29H,9H2,1-4H3,(H3,22,23,24,25,26,30). The predicted molar refractivity (Wildman–Crippen MR) is 229 cm³/mol. The third-order valence-corrected chi connectivity index (χ3v) is 8.58. The fourth-order valence-electron chi connectivity index (χ4n) is 5.58. The Kier molecular flexibility index (Phi) is 14.7. The van der Waals surface area contributed by atoms with Gasteiger partial charge in [-0.05, 0) is 62.1 Å². The number of methoxy groups -OCH3 is 1. The first-order valence-corrected chi connectivity index (χ1v) is 19.2. The molecule has 0 atom stereocenters. The van der Waals surface area contributed by atoms with Crippen molar-refractivity contribution in [3.8, 4) is 34.0 Å². The number of aliphatic imine (C=N–C) groups is 2. The van der Waals surface area contributed by atoms with Crippen molar-refractivity contribution in [2.45, 2.75) is 41.5 Å². The van der Waals surface area contributed by atoms with Crippen molar-refractivity contribution >= 4 is 35.4 Å². The van der Waals surface area contributed by atoms with Crippen molar-refractivity contribution in [1.82, 2.24) is 50.6 Å². The number of amides is 2. The third-order valence-electron chi connectivity index (χ3n) is 8.58. The van der Waals surface area contributed by atoms with Crippen LogP contribution in [0.5, 0.6) is 11.5 Å². The molecule has 0 spiro atoms. The molecule has 20 heteroatoms. The molecule has 0 aliphatic carbocycles. The highest BCUT2D eigenvalue weighted by Gasteiger charge is 2.18. The second-order valence-electron chi connectivity index (χ2n) is 14.8. The topological polar surface area (TPSA) is 229 Å². The molecule has 0 radical (unpaired) electrons. The molecule has 2 aromatic carbocycles. The lowest BCUT2D eigenvalue weighted by atomic mass is 10.1. The quantitative estimate of drug-likeness (QED) is 0.0600. The molecule has 4 aromatic heterocycles. The van der Waals surface area contributed by atoms with Crippen molar-refractivity contribution in [2.24, 2.45) is 35.9 Å². The second kappa shape index (κ2) is 20.1. The van der Waals surface area contributed by atoms with E-state index in [0.717, 1.165) is 0 Å². The summed E-state index contributed by atoms with van der Waals surface area (Å²) in [5.74, 6) is -0.211. The Morgan fingerprint density at radius 2 is 1.18 bits per heavy atom. The average molecular weight is 841 g/mol. The number of phenols is 1. The first-order chi connectivity index (χ1) is 29.0. The van der Waals surface area contributed by atoms with Crippen molar-refractivity contribution in [3.05, 3.63) is 95.1 Å². The van der Waals surface area contributed by atoms with E-state index in [0.29, 0.717) is 75.7 Å². The Balaban J connectivity index is 0.000000231. The van der Waals surface area contributed by atoms with E-state index in [-0.39, 0.29) is 35.4 Å². The number of aromatic amines is 2. The van der Waals surface area contributed by atoms with Gasteiger partial charge in [0.05, 0.1) is 41.0 Å². The molecule has 6 rings (SSSR count). The van der Waals surface area contributed by atoms with E-state index in [1.807, 2.05) is 27.7 Å². The maximum Gasteiger partial charge on any atom is 0.261 e. The van der Waals surface area contributed by atoms with Gasteiger partial charge < -0.3 is 20.5 Å². The van der Waals surface area contributed by atoms with Crippen LogP contribution < -0.4 is 26.0 Å². The minimum Gasteiger partial charge on any atom is -0.505 e. The highest BCUT2D eigenvalue weighted by molar-refractivity contribution is 6.11. The van der Waals surface area contributed by atoms with Gasteiger partial charge in [0, 0.05) is 62.8 Å². The van der Waals surface area contributed by atoms with E-state index in [4.69, 9.17) is 4.74 Å². The summed E-state index contributed by atoms with van der Waals surface area (Å²) in [6.07, 6.45) is 3.28. The molecule has 61 heavy (non-hydrogen) atoms. The fraction of sp³-hybridized carbons (Fsp3) is 0.317. The van der Waals surface area contributed by atoms with E-state index in [2.05, 4.69) is 61.8 Å². The number of carbonyl (C=O) groups excluding carboxylic acids is 2. The second-order valence-corrected chi connectivity index (χ2v) is 14.8. The van der Waals surface area contributed by atoms with E-state index in [9.17, 15) is 23.5 Å². The summed E-state index contributed by atoms with van der Waals surface area (Å²) in [7, 11) is 4.91. The van der Waals surface area contributed by atoms with Gasteiger partial charge in [0.25, 0.3) is 11.8 Å². The first-order valence-electron chi connectivity index (χ1n) is 19.2. The number of phenolic OH excluding ortho intramolecular Hbond substituents is 1. The number of nitrogens with one attached hydrogen (secondary N) is 6. The van der Waals surface area contributed by atoms with Crippen LogP contribution >= 0.6 is 0 Å². The monoisotopic (exact) mass is 840 g/mol. The van der Waals surface area contributed by atoms with Gasteiger partial charge in [-0.15, -0.1) is 0 Å². The molecule has 2 amide bonds. The van der Waals surface area contributed by atoms with E-state index >= 15 is 0 Å². The number of guanidine groups is 2. The molecule has 0 saturated carbocycles. The summed E-state index contributed by atoms with van der Waals surface area (Å²) in [5, 5.41) is 43.2. The molecule has 0 aliphatic rings. The zero-order chi connectivity index (χ0) is 44.4. The molecule has 0 fully saturated rings. The van der Waals surface area contributed by atoms with Crippen molar-refractivity contribution in [3.63, 3.8) is 0 Å². The van der Waals surface area contributed by atoms with Gasteiger partial charge >= 0.3 is 0 Å². The molecule has 6 aromatic rings. The molecular formula is C41H50F2N14O4. The number of rotatable bonds is 11. The number of aromatic hydroxyl groups is 1. The zero-order valence-electron chi connectivity index (χ0n) is 35.3. The van der Waals surface area contributed by atoms with Crippen LogP contribution in [-0.2, 0) is 14.1 Å². The third kappa shape index (κ3) is 12.3. The number of aromatic nitrogens is 8. The zero-order valence-corrected chi connectivity index (χ0v) is 35.3. The van der Waals surface area contributed by atoms with Gasteiger partial charge in [0.1, 0.15) is 0 Å². The summed E-state index contributed by atoms with van der Waals surface area (Å²) in [6, 6.07) is 12.0. The van der Waals surface area contributed by atoms with Crippen LogP contribution in [-0.4, -0.2) is 89.0 Å². The predicted octanol–water partition coefficient (Wildman–Crippen LogP) is 5.94. The minimum absolute atomic E-state index is 0.165. The maximum absolute atomic E-state index is 14.0. The number of ether oxygens (including phenoxy) is 1. The molecule has 0 aliphatic heterocycles. The number of nitrogens with zero attached hydrogens (tertiary/aromatic N) is 8. The minimum atomic E-state index is -0.727. The molecule has 0 bridgehead atoms. The molecular weight excluding hydrogens is 791 g/mol. The van der Waals surface area contributed by atoms with Gasteiger partial charge in [-0.1, -0.05) is 27.7 Å². The summed E-state index contributed by atoms with van der Waals surface area (Å²) >= 11 is 0. The van der Waals surface area contributed by atoms with Gasteiger partial charge in [-0.25, -0.2) is 8.78 Å². The Morgan fingerprint density at radius 3 is 1.56 bits per heavy atom. The van der Waals surface area contributed by atoms with Gasteiger partial charge in [0.2, 0.25) is 11.9 Å². The SMILES string of the molecule is COc1ccc(-c2cc(NC(=NCC(C)C)NC(=O)c3cn(C)nc3C)n[nH]2)cc1F.Cc1nn(C)cc1C(=O)NC(=NCC(C)C)Nc1cc(-c2ccc(O)c(F)c2)[nH]n1. The van der Waals surface area contributed by atoms with Crippen molar-refractivity contribution in [2.75, 3.05) is 30.8 Å². The lowest BCUT2D eigenvalue weighted by Gasteiger charge is -2.10. The summed E-state index contributed by atoms with van der Waals surface area (Å²) in [5.41, 5.74) is 4.38. The van der Waals surface area contributed by atoms with Crippen LogP contribution in [0.1, 0.15) is 59.8 Å². The Bertz CT molecular complexity index is 2530. The lowest BCUT2D eigenvalue weighted by Crippen LogP contribution is -2.36. The summed E-state index contributed by atoms with van der Waals surface area (Å²) in [4.78, 5) is 34.2. The molecule has 0 unspecified atom stereocenters. The number of hydrogen-bond acceptors (Lipinski definition) is 10. The Labute approximate surface area is 350 Å². The molecule has 18 nitrogen and oxygen atoms in total. The molecule has 322 valence electrons. The van der Waals surface area contributed by atoms with E-state index < -0.39 is 17.4 Å². The number of halogens is 2. The summed E-state index contributed by atoms with van der Waals surface area (Å²) < 4.78 is 35.7. The molecule has 7 N–H and O–H groups in total. The van der Waals surface area contributed by atoms with Gasteiger partial charge in [0.15, 0.2) is 34.8 Å². The smallest absolute Gasteiger partial charge is 0.261 e. The van der Waals surface area contributed by atoms with Crippen LogP contribution in [0.3, 0.4) is 0 Å². The van der Waals surface area contributed by atoms with Crippen LogP contribution in [0, 0.1) is 37.3 Å². The van der Waals surface area contributed by atoms with Crippen LogP contribution in [0.15, 0.2) is 70.9 Å². The average Bonchev–Trinajstić information content (AvgIpc) is 4.01. The number of anilines is 2. The van der Waals surface area contributed by atoms with Crippen LogP contribution in [0.25, 0.3) is 22.5 Å². The fourth-order valence-corrected chi connectivity index (χ4v) is 5.58. The maximum atomic E-state index is 14.0. The largest absolute Gasteiger partial charge is 0.505 e. The van der Waals surface area contributed by atoms with E-state index in [1.165, 1.54) is 25.3 Å². The number of H-pyrrole nitrogens is 2. The first kappa shape index (κ1) is 44.7. The van der Waals surface area contributed by atoms with Crippen LogP contribution in [0.2, 0.25) is 0 Å². The molecule has 0 saturated heterocycles. The normalized spacial score (nSPS) is 11.7. The van der Waals surface area contributed by atoms with Gasteiger partial charge in [-0.2, -0.15) is 20.4 Å². The number of carbonyl (C=O) groups is 2. The highest BCUT2D eigenvalue weighted by atomic mass is 19.1. The number of benzene rings is 2. The lowest BCUT2D eigenvalue weighted by molar-refractivity contribution is 0.0967. The van der Waals surface area contributed by atoms with Crippen molar-refractivity contribution < 1.29 is 28.2 Å². The number of hydrogen-bond donors (Lipinski definition) is 7. The number of aryl methyl sites for hydroxylation is 4. The molecule has 4 heterocycles. The Morgan fingerprint density at radius 1 is 0.738 bits per heavy atom. The summed E-state index contributed by atoms with van der Waals surface area (Å²) in [6.45, 7) is 12.6. The Hall–Kier alpha value is -7.38. The van der Waals surface area contributed by atoms with Crippen LogP contribution in [0.4, 0.5) is 20.4 Å². The van der Waals surface area contributed by atoms with Crippen molar-refractivity contribution in [1.29, 1.82) is 0 Å². The van der Waals surface area contributed by atoms with Gasteiger partial charge in [-0.3, -0.25) is 49.8 Å².